The van der Waals surface area contributed by atoms with Gasteiger partial charge in [-0.15, -0.1) is 11.3 Å². The van der Waals surface area contributed by atoms with Crippen molar-refractivity contribution in [1.82, 2.24) is 9.55 Å². The highest BCUT2D eigenvalue weighted by Gasteiger charge is 2.23. The molecular formula is C49H29N3O2S. The number of aromatic nitrogens is 2. The molecule has 5 nitrogen and oxygen atoms in total. The third-order valence-corrected chi connectivity index (χ3v) is 11.9. The van der Waals surface area contributed by atoms with Gasteiger partial charge in [-0.05, 0) is 84.9 Å². The van der Waals surface area contributed by atoms with Gasteiger partial charge in [0.05, 0.1) is 22.1 Å². The van der Waals surface area contributed by atoms with Crippen molar-refractivity contribution in [2.24, 2.45) is 0 Å². The number of benzene rings is 8. The lowest BCUT2D eigenvalue weighted by Gasteiger charge is -2.26. The Bertz CT molecular complexity index is 3450. The third-order valence-electron chi connectivity index (χ3n) is 10.8. The molecule has 258 valence electrons. The van der Waals surface area contributed by atoms with E-state index in [2.05, 4.69) is 143 Å². The Morgan fingerprint density at radius 3 is 2.04 bits per heavy atom. The van der Waals surface area contributed by atoms with Crippen LogP contribution in [0.15, 0.2) is 185 Å². The molecule has 0 amide bonds. The van der Waals surface area contributed by atoms with Crippen molar-refractivity contribution in [3.63, 3.8) is 0 Å². The van der Waals surface area contributed by atoms with E-state index in [9.17, 15) is 0 Å². The van der Waals surface area contributed by atoms with Crippen LogP contribution in [0.3, 0.4) is 0 Å². The molecule has 0 atom stereocenters. The Morgan fingerprint density at radius 1 is 0.473 bits per heavy atom. The summed E-state index contributed by atoms with van der Waals surface area (Å²) in [5, 5.41) is 6.87. The van der Waals surface area contributed by atoms with Crippen molar-refractivity contribution < 1.29 is 8.83 Å². The van der Waals surface area contributed by atoms with E-state index in [1.807, 2.05) is 53.8 Å². The first-order valence-corrected chi connectivity index (χ1v) is 19.2. The van der Waals surface area contributed by atoms with Gasteiger partial charge in [-0.25, -0.2) is 4.98 Å². The van der Waals surface area contributed by atoms with Crippen LogP contribution in [0.1, 0.15) is 0 Å². The van der Waals surface area contributed by atoms with Gasteiger partial charge in [0.15, 0.2) is 5.58 Å². The average Bonchev–Trinajstić information content (AvgIpc) is 4.01. The van der Waals surface area contributed by atoms with Crippen LogP contribution >= 0.6 is 11.3 Å². The summed E-state index contributed by atoms with van der Waals surface area (Å²) in [7, 11) is 0. The molecule has 0 unspecified atom stereocenters. The summed E-state index contributed by atoms with van der Waals surface area (Å²) in [5.41, 5.74) is 10.6. The maximum atomic E-state index is 6.66. The summed E-state index contributed by atoms with van der Waals surface area (Å²) in [5.74, 6) is 0.597. The molecule has 0 spiro atoms. The van der Waals surface area contributed by atoms with Gasteiger partial charge < -0.3 is 18.3 Å². The van der Waals surface area contributed by atoms with Crippen LogP contribution in [0.2, 0.25) is 0 Å². The highest BCUT2D eigenvalue weighted by atomic mass is 32.1. The molecule has 4 heterocycles. The van der Waals surface area contributed by atoms with Crippen LogP contribution in [0.5, 0.6) is 0 Å². The van der Waals surface area contributed by atoms with Crippen molar-refractivity contribution in [2.75, 3.05) is 4.90 Å². The van der Waals surface area contributed by atoms with Crippen molar-refractivity contribution in [1.29, 1.82) is 0 Å². The number of furan rings is 1. The van der Waals surface area contributed by atoms with E-state index >= 15 is 0 Å². The van der Waals surface area contributed by atoms with Crippen LogP contribution in [0, 0.1) is 0 Å². The topological polar surface area (TPSA) is 47.3 Å². The molecule has 0 saturated heterocycles. The number of hydrogen-bond acceptors (Lipinski definition) is 5. The number of anilines is 3. The zero-order valence-corrected chi connectivity index (χ0v) is 30.1. The summed E-state index contributed by atoms with van der Waals surface area (Å²) < 4.78 is 17.8. The molecule has 6 heteroatoms. The van der Waals surface area contributed by atoms with Gasteiger partial charge in [0, 0.05) is 65.0 Å². The normalized spacial score (nSPS) is 12.0. The molecule has 0 aliphatic rings. The molecule has 0 bridgehead atoms. The lowest BCUT2D eigenvalue weighted by Crippen LogP contribution is -2.10. The second-order valence-electron chi connectivity index (χ2n) is 13.9. The number of thiophene rings is 1. The Hall–Kier alpha value is -7.15. The molecule has 0 saturated carbocycles. The van der Waals surface area contributed by atoms with Gasteiger partial charge in [-0.1, -0.05) is 84.9 Å². The van der Waals surface area contributed by atoms with Crippen LogP contribution in [-0.4, -0.2) is 9.55 Å². The predicted octanol–water partition coefficient (Wildman–Crippen LogP) is 14.3. The molecule has 0 aliphatic heterocycles. The standard InChI is InChI=1S/C49H29N3O2S/c1-3-12-30(13-4-1)49-50-48-42(54-49)27-26-41-47(48)37-25-23-32(28-43(37)53-41)51(33-22-24-35-34-16-8-10-21-44(34)55-45(35)29-33)39-19-11-20-40-46(39)36-17-7-9-18-38(36)52(40)31-14-5-2-6-15-31/h1-29H. The number of rotatable bonds is 5. The van der Waals surface area contributed by atoms with Crippen LogP contribution < -0.4 is 4.90 Å². The first-order valence-electron chi connectivity index (χ1n) is 18.4. The lowest BCUT2D eigenvalue weighted by molar-refractivity contribution is 0.619. The van der Waals surface area contributed by atoms with Gasteiger partial charge in [0.1, 0.15) is 16.7 Å². The Labute approximate surface area is 318 Å². The maximum absolute atomic E-state index is 6.66. The van der Waals surface area contributed by atoms with E-state index in [1.54, 1.807) is 0 Å². The van der Waals surface area contributed by atoms with Crippen LogP contribution in [-0.2, 0) is 0 Å². The fraction of sp³-hybridized carbons (Fsp3) is 0. The Kier molecular flexibility index (Phi) is 6.44. The van der Waals surface area contributed by atoms with Crippen molar-refractivity contribution in [3.05, 3.63) is 176 Å². The third kappa shape index (κ3) is 4.55. The Balaban J connectivity index is 1.12. The van der Waals surface area contributed by atoms with E-state index in [0.717, 1.165) is 72.4 Å². The van der Waals surface area contributed by atoms with E-state index in [-0.39, 0.29) is 0 Å². The summed E-state index contributed by atoms with van der Waals surface area (Å²) in [6, 6.07) is 62.0. The minimum Gasteiger partial charge on any atom is -0.456 e. The van der Waals surface area contributed by atoms with Gasteiger partial charge in [-0.2, -0.15) is 0 Å². The summed E-state index contributed by atoms with van der Waals surface area (Å²) >= 11 is 1.83. The molecule has 8 aromatic carbocycles. The van der Waals surface area contributed by atoms with Gasteiger partial charge in [0.2, 0.25) is 5.89 Å². The van der Waals surface area contributed by atoms with Gasteiger partial charge >= 0.3 is 0 Å². The van der Waals surface area contributed by atoms with Crippen molar-refractivity contribution in [2.45, 2.75) is 0 Å². The minimum atomic E-state index is 0.597. The molecule has 0 fully saturated rings. The Morgan fingerprint density at radius 2 is 1.16 bits per heavy atom. The largest absolute Gasteiger partial charge is 0.456 e. The second-order valence-corrected chi connectivity index (χ2v) is 15.0. The molecule has 12 rings (SSSR count). The summed E-state index contributed by atoms with van der Waals surface area (Å²) in [4.78, 5) is 7.37. The first kappa shape index (κ1) is 30.3. The number of hydrogen-bond donors (Lipinski definition) is 0. The molecule has 12 aromatic rings. The zero-order chi connectivity index (χ0) is 36.0. The molecule has 4 aromatic heterocycles. The highest BCUT2D eigenvalue weighted by Crippen LogP contribution is 2.47. The zero-order valence-electron chi connectivity index (χ0n) is 29.3. The number of para-hydroxylation sites is 2. The van der Waals surface area contributed by atoms with Gasteiger partial charge in [-0.3, -0.25) is 0 Å². The smallest absolute Gasteiger partial charge is 0.227 e. The second kappa shape index (κ2) is 11.7. The van der Waals surface area contributed by atoms with Gasteiger partial charge in [0.25, 0.3) is 0 Å². The lowest BCUT2D eigenvalue weighted by atomic mass is 10.1. The molecule has 0 radical (unpaired) electrons. The SMILES string of the molecule is c1ccc(-c2nc3c(ccc4oc5cc(N(c6ccc7c(c6)sc6ccccc67)c6cccc7c6c6ccccc6n7-c6ccccc6)ccc5c43)o2)cc1. The summed E-state index contributed by atoms with van der Waals surface area (Å²) in [6.45, 7) is 0. The first-order chi connectivity index (χ1) is 27.3. The minimum absolute atomic E-state index is 0.597. The van der Waals surface area contributed by atoms with Crippen LogP contribution in [0.25, 0.3) is 92.2 Å². The molecule has 0 aliphatic carbocycles. The van der Waals surface area contributed by atoms with E-state index in [4.69, 9.17) is 13.8 Å². The number of nitrogens with zero attached hydrogens (tertiary/aromatic N) is 3. The summed E-state index contributed by atoms with van der Waals surface area (Å²) in [6.07, 6.45) is 0. The maximum Gasteiger partial charge on any atom is 0.227 e. The van der Waals surface area contributed by atoms with E-state index in [1.165, 1.54) is 30.9 Å². The fourth-order valence-corrected chi connectivity index (χ4v) is 9.55. The predicted molar refractivity (Wildman–Crippen MR) is 229 cm³/mol. The molecule has 0 N–H and O–H groups in total. The number of oxazole rings is 1. The number of fused-ring (bicyclic) bond motifs is 11. The van der Waals surface area contributed by atoms with E-state index in [0.29, 0.717) is 5.89 Å². The monoisotopic (exact) mass is 723 g/mol. The molecular weight excluding hydrogens is 695 g/mol. The quantitative estimate of drug-likeness (QED) is 0.177. The highest BCUT2D eigenvalue weighted by molar-refractivity contribution is 7.25. The van der Waals surface area contributed by atoms with Crippen molar-refractivity contribution in [3.8, 4) is 17.1 Å². The fourth-order valence-electron chi connectivity index (χ4n) is 8.41. The average molecular weight is 724 g/mol. The van der Waals surface area contributed by atoms with Crippen LogP contribution in [0.4, 0.5) is 17.1 Å². The molecule has 55 heavy (non-hydrogen) atoms. The van der Waals surface area contributed by atoms with E-state index < -0.39 is 0 Å². The van der Waals surface area contributed by atoms with Crippen molar-refractivity contribution >= 4 is 103 Å².